The van der Waals surface area contributed by atoms with Crippen LogP contribution in [0.15, 0.2) is 30.5 Å². The van der Waals surface area contributed by atoms with Crippen LogP contribution in [-0.4, -0.2) is 51.3 Å². The lowest BCUT2D eigenvalue weighted by Gasteiger charge is -2.38. The maximum absolute atomic E-state index is 12.8. The Morgan fingerprint density at radius 2 is 2.20 bits per heavy atom. The van der Waals surface area contributed by atoms with Gasteiger partial charge in [-0.05, 0) is 24.5 Å². The number of nitrogens with two attached hydrogens (primary N) is 1. The molecule has 1 fully saturated rings. The topological polar surface area (TPSA) is 106 Å². The number of rotatable bonds is 3. The molecule has 1 aromatic carbocycles. The summed E-state index contributed by atoms with van der Waals surface area (Å²) in [5, 5.41) is 10.8. The molecule has 2 amide bonds. The lowest BCUT2D eigenvalue weighted by molar-refractivity contribution is -0.122. The van der Waals surface area contributed by atoms with Crippen LogP contribution in [0.4, 0.5) is 5.69 Å². The van der Waals surface area contributed by atoms with Gasteiger partial charge >= 0.3 is 0 Å². The van der Waals surface area contributed by atoms with Crippen molar-refractivity contribution >= 4 is 17.5 Å². The number of hydrogen-bond acceptors (Lipinski definition) is 5. The van der Waals surface area contributed by atoms with Crippen molar-refractivity contribution in [2.24, 2.45) is 5.73 Å². The standard InChI is InChI=1S/C17H20N6O2/c18-7-9-23-10-14(20-21-23)15(24)22-8-3-6-17(11-22)12-4-1-2-5-13(12)19-16(17)25/h1-2,4-5,10H,3,6-9,11,18H2,(H,19,25)/t17-/m0/s1. The minimum absolute atomic E-state index is 0.0296. The van der Waals surface area contributed by atoms with Gasteiger partial charge in [-0.25, -0.2) is 0 Å². The molecule has 1 saturated heterocycles. The summed E-state index contributed by atoms with van der Waals surface area (Å²) in [5.74, 6) is -0.225. The van der Waals surface area contributed by atoms with Crippen LogP contribution in [0, 0.1) is 0 Å². The lowest BCUT2D eigenvalue weighted by Crippen LogP contribution is -2.52. The summed E-state index contributed by atoms with van der Waals surface area (Å²) in [4.78, 5) is 27.2. The number of aromatic nitrogens is 3. The normalized spacial score (nSPS) is 22.1. The SMILES string of the molecule is NCCn1cc(C(=O)N2CCC[C@@]3(C2)C(=O)Nc2ccccc23)nn1. The Bertz CT molecular complexity index is 832. The largest absolute Gasteiger partial charge is 0.336 e. The van der Waals surface area contributed by atoms with E-state index in [1.165, 1.54) is 0 Å². The second-order valence-electron chi connectivity index (χ2n) is 6.57. The molecule has 0 radical (unpaired) electrons. The average Bonchev–Trinajstić information content (AvgIpc) is 3.19. The van der Waals surface area contributed by atoms with E-state index in [2.05, 4.69) is 15.6 Å². The number of anilines is 1. The number of nitrogens with zero attached hydrogens (tertiary/aromatic N) is 4. The maximum atomic E-state index is 12.8. The number of carbonyl (C=O) groups excluding carboxylic acids is 2. The van der Waals surface area contributed by atoms with Crippen LogP contribution in [0.1, 0.15) is 28.9 Å². The fourth-order valence-electron chi connectivity index (χ4n) is 3.81. The molecule has 3 heterocycles. The third-order valence-electron chi connectivity index (χ3n) is 5.02. The van der Waals surface area contributed by atoms with Crippen molar-refractivity contribution in [1.29, 1.82) is 0 Å². The second kappa shape index (κ2) is 5.96. The summed E-state index contributed by atoms with van der Waals surface area (Å²) >= 11 is 0. The highest BCUT2D eigenvalue weighted by Crippen LogP contribution is 2.43. The van der Waals surface area contributed by atoms with Crippen LogP contribution in [0.2, 0.25) is 0 Å². The number of benzene rings is 1. The van der Waals surface area contributed by atoms with Gasteiger partial charge in [0.2, 0.25) is 5.91 Å². The van der Waals surface area contributed by atoms with Gasteiger partial charge in [-0.2, -0.15) is 0 Å². The van der Waals surface area contributed by atoms with E-state index >= 15 is 0 Å². The summed E-state index contributed by atoms with van der Waals surface area (Å²) in [5.41, 5.74) is 6.94. The third kappa shape index (κ3) is 2.49. The summed E-state index contributed by atoms with van der Waals surface area (Å²) in [6.45, 7) is 1.92. The highest BCUT2D eigenvalue weighted by atomic mass is 16.2. The molecule has 1 atom stereocenters. The molecular weight excluding hydrogens is 320 g/mol. The van der Waals surface area contributed by atoms with Gasteiger partial charge in [0.25, 0.3) is 5.91 Å². The zero-order valence-corrected chi connectivity index (χ0v) is 13.8. The van der Waals surface area contributed by atoms with E-state index < -0.39 is 5.41 Å². The van der Waals surface area contributed by atoms with Crippen LogP contribution in [0.25, 0.3) is 0 Å². The minimum atomic E-state index is -0.669. The Balaban J connectivity index is 1.61. The predicted octanol–water partition coefficient (Wildman–Crippen LogP) is 0.363. The Labute approximate surface area is 145 Å². The maximum Gasteiger partial charge on any atom is 0.276 e. The zero-order chi connectivity index (χ0) is 17.4. The van der Waals surface area contributed by atoms with Crippen LogP contribution in [0.3, 0.4) is 0 Å². The zero-order valence-electron chi connectivity index (χ0n) is 13.8. The molecule has 0 saturated carbocycles. The molecule has 3 N–H and O–H groups in total. The fraction of sp³-hybridized carbons (Fsp3) is 0.412. The first-order valence-corrected chi connectivity index (χ1v) is 8.44. The number of likely N-dealkylation sites (tertiary alicyclic amines) is 1. The monoisotopic (exact) mass is 340 g/mol. The average molecular weight is 340 g/mol. The predicted molar refractivity (Wildman–Crippen MR) is 91.0 cm³/mol. The molecule has 25 heavy (non-hydrogen) atoms. The molecule has 0 unspecified atom stereocenters. The number of hydrogen-bond donors (Lipinski definition) is 2. The molecule has 1 spiro atoms. The van der Waals surface area contributed by atoms with Gasteiger partial charge in [0, 0.05) is 25.3 Å². The first kappa shape index (κ1) is 15.8. The Morgan fingerprint density at radius 1 is 1.36 bits per heavy atom. The van der Waals surface area contributed by atoms with Crippen molar-refractivity contribution in [2.45, 2.75) is 24.8 Å². The van der Waals surface area contributed by atoms with Crippen molar-refractivity contribution in [1.82, 2.24) is 19.9 Å². The van der Waals surface area contributed by atoms with Gasteiger partial charge in [0.15, 0.2) is 5.69 Å². The third-order valence-corrected chi connectivity index (χ3v) is 5.02. The molecule has 4 rings (SSSR count). The molecule has 0 aliphatic carbocycles. The first-order valence-electron chi connectivity index (χ1n) is 8.44. The highest BCUT2D eigenvalue weighted by molar-refractivity contribution is 6.07. The van der Waals surface area contributed by atoms with E-state index in [1.54, 1.807) is 15.8 Å². The van der Waals surface area contributed by atoms with Gasteiger partial charge in [0.1, 0.15) is 0 Å². The number of piperidine rings is 1. The fourth-order valence-corrected chi connectivity index (χ4v) is 3.81. The van der Waals surface area contributed by atoms with E-state index in [0.717, 1.165) is 24.1 Å². The summed E-state index contributed by atoms with van der Waals surface area (Å²) in [6, 6.07) is 7.71. The number of fused-ring (bicyclic) bond motifs is 2. The smallest absolute Gasteiger partial charge is 0.276 e. The molecule has 2 aromatic rings. The number of amides is 2. The molecule has 2 aliphatic rings. The molecule has 130 valence electrons. The van der Waals surface area contributed by atoms with E-state index in [9.17, 15) is 9.59 Å². The van der Waals surface area contributed by atoms with E-state index in [4.69, 9.17) is 5.73 Å². The van der Waals surface area contributed by atoms with Crippen molar-refractivity contribution in [2.75, 3.05) is 25.0 Å². The molecule has 0 bridgehead atoms. The van der Waals surface area contributed by atoms with Gasteiger partial charge < -0.3 is 16.0 Å². The number of carbonyl (C=O) groups is 2. The molecule has 8 nitrogen and oxygen atoms in total. The van der Waals surface area contributed by atoms with E-state index in [1.807, 2.05) is 24.3 Å². The van der Waals surface area contributed by atoms with Gasteiger partial charge in [-0.3, -0.25) is 14.3 Å². The van der Waals surface area contributed by atoms with Crippen LogP contribution in [-0.2, 0) is 16.8 Å². The summed E-state index contributed by atoms with van der Waals surface area (Å²) < 4.78 is 1.56. The second-order valence-corrected chi connectivity index (χ2v) is 6.57. The lowest BCUT2D eigenvalue weighted by atomic mass is 9.75. The Hall–Kier alpha value is -2.74. The van der Waals surface area contributed by atoms with Gasteiger partial charge in [-0.15, -0.1) is 5.10 Å². The van der Waals surface area contributed by atoms with E-state index in [0.29, 0.717) is 26.2 Å². The van der Waals surface area contributed by atoms with Crippen molar-refractivity contribution in [3.63, 3.8) is 0 Å². The molecule has 2 aliphatic heterocycles. The molecule has 8 heteroatoms. The van der Waals surface area contributed by atoms with Crippen LogP contribution >= 0.6 is 0 Å². The first-order chi connectivity index (χ1) is 12.1. The van der Waals surface area contributed by atoms with Crippen LogP contribution < -0.4 is 11.1 Å². The van der Waals surface area contributed by atoms with E-state index in [-0.39, 0.29) is 17.5 Å². The minimum Gasteiger partial charge on any atom is -0.336 e. The van der Waals surface area contributed by atoms with Gasteiger partial charge in [0.05, 0.1) is 18.2 Å². The van der Waals surface area contributed by atoms with Crippen LogP contribution in [0.5, 0.6) is 0 Å². The summed E-state index contributed by atoms with van der Waals surface area (Å²) in [7, 11) is 0. The molecular formula is C17H20N6O2. The van der Waals surface area contributed by atoms with Gasteiger partial charge in [-0.1, -0.05) is 23.4 Å². The summed E-state index contributed by atoms with van der Waals surface area (Å²) in [6.07, 6.45) is 3.11. The number of nitrogens with one attached hydrogen (secondary N) is 1. The van der Waals surface area contributed by atoms with Crippen molar-refractivity contribution in [3.05, 3.63) is 41.7 Å². The van der Waals surface area contributed by atoms with Crippen molar-refractivity contribution in [3.8, 4) is 0 Å². The molecule has 1 aromatic heterocycles. The van der Waals surface area contributed by atoms with Crippen molar-refractivity contribution < 1.29 is 9.59 Å². The Morgan fingerprint density at radius 3 is 3.04 bits per heavy atom. The Kier molecular flexibility index (Phi) is 3.76. The highest BCUT2D eigenvalue weighted by Gasteiger charge is 2.50. The quantitative estimate of drug-likeness (QED) is 0.839. The number of para-hydroxylation sites is 1.